The summed E-state index contributed by atoms with van der Waals surface area (Å²) in [4.78, 5) is 13.8. The Morgan fingerprint density at radius 2 is 2.00 bits per heavy atom. The number of carbonyl (C=O) groups excluding carboxylic acids is 1. The van der Waals surface area contributed by atoms with E-state index in [2.05, 4.69) is 22.6 Å². The summed E-state index contributed by atoms with van der Waals surface area (Å²) in [6.07, 6.45) is 4.50. The molecule has 15 heavy (non-hydrogen) atoms. The SMILES string of the molecule is COCCN(C)C(=O)[C@H]1CC[C@H](I)CC1. The predicted octanol–water partition coefficient (Wildman–Crippen LogP) is 2.08. The normalized spacial score (nSPS) is 26.3. The average molecular weight is 325 g/mol. The molecule has 0 N–H and O–H groups in total. The molecule has 0 heterocycles. The molecule has 0 aliphatic heterocycles. The highest BCUT2D eigenvalue weighted by molar-refractivity contribution is 14.1. The number of hydrogen-bond acceptors (Lipinski definition) is 2. The zero-order chi connectivity index (χ0) is 11.3. The third kappa shape index (κ3) is 4.26. The molecule has 0 bridgehead atoms. The predicted molar refractivity (Wildman–Crippen MR) is 69.3 cm³/mol. The Kier molecular flexibility index (Phi) is 5.89. The van der Waals surface area contributed by atoms with Gasteiger partial charge in [-0.1, -0.05) is 22.6 Å². The summed E-state index contributed by atoms with van der Waals surface area (Å²) in [6.45, 7) is 1.34. The van der Waals surface area contributed by atoms with Crippen molar-refractivity contribution >= 4 is 28.5 Å². The fourth-order valence-corrected chi connectivity index (χ4v) is 2.67. The molecule has 88 valence electrons. The third-order valence-corrected chi connectivity index (χ3v) is 4.26. The van der Waals surface area contributed by atoms with Gasteiger partial charge in [0.05, 0.1) is 6.61 Å². The lowest BCUT2D eigenvalue weighted by atomic mass is 9.88. The summed E-state index contributed by atoms with van der Waals surface area (Å²) in [6, 6.07) is 0. The third-order valence-electron chi connectivity index (χ3n) is 3.01. The van der Waals surface area contributed by atoms with Gasteiger partial charge >= 0.3 is 0 Å². The van der Waals surface area contributed by atoms with Crippen molar-refractivity contribution in [2.45, 2.75) is 29.6 Å². The van der Waals surface area contributed by atoms with Crippen LogP contribution in [-0.4, -0.2) is 42.0 Å². The minimum absolute atomic E-state index is 0.262. The molecule has 0 aromatic heterocycles. The second-order valence-electron chi connectivity index (χ2n) is 4.20. The van der Waals surface area contributed by atoms with Crippen LogP contribution in [0.1, 0.15) is 25.7 Å². The summed E-state index contributed by atoms with van der Waals surface area (Å²) in [5.41, 5.74) is 0. The second-order valence-corrected chi connectivity index (χ2v) is 5.96. The first kappa shape index (κ1) is 13.2. The van der Waals surface area contributed by atoms with Gasteiger partial charge in [-0.15, -0.1) is 0 Å². The molecule has 0 radical (unpaired) electrons. The van der Waals surface area contributed by atoms with Crippen molar-refractivity contribution in [3.8, 4) is 0 Å². The van der Waals surface area contributed by atoms with Gasteiger partial charge in [0.2, 0.25) is 5.91 Å². The number of likely N-dealkylation sites (N-methyl/N-ethyl adjacent to an activating group) is 1. The van der Waals surface area contributed by atoms with Crippen molar-refractivity contribution in [1.29, 1.82) is 0 Å². The van der Waals surface area contributed by atoms with Gasteiger partial charge in [-0.2, -0.15) is 0 Å². The Balaban J connectivity index is 2.32. The molecule has 0 spiro atoms. The quantitative estimate of drug-likeness (QED) is 0.585. The highest BCUT2D eigenvalue weighted by Crippen LogP contribution is 2.29. The van der Waals surface area contributed by atoms with Crippen LogP contribution in [0.2, 0.25) is 0 Å². The van der Waals surface area contributed by atoms with E-state index in [1.165, 1.54) is 12.8 Å². The van der Waals surface area contributed by atoms with E-state index in [1.807, 2.05) is 11.9 Å². The molecule has 0 atom stereocenters. The summed E-state index contributed by atoms with van der Waals surface area (Å²) in [5.74, 6) is 0.563. The topological polar surface area (TPSA) is 29.5 Å². The van der Waals surface area contributed by atoms with E-state index in [4.69, 9.17) is 4.74 Å². The van der Waals surface area contributed by atoms with E-state index < -0.39 is 0 Å². The molecule has 1 amide bonds. The standard InChI is InChI=1S/C11H20INO2/c1-13(7-8-15-2)11(14)9-3-5-10(12)6-4-9/h9-10H,3-8H2,1-2H3/t9-,10-. The molecular formula is C11H20INO2. The first-order chi connectivity index (χ1) is 7.15. The summed E-state index contributed by atoms with van der Waals surface area (Å²) in [7, 11) is 3.54. The number of carbonyl (C=O) groups is 1. The molecule has 3 nitrogen and oxygen atoms in total. The maximum absolute atomic E-state index is 12.0. The number of ether oxygens (including phenoxy) is 1. The molecule has 1 fully saturated rings. The van der Waals surface area contributed by atoms with E-state index in [9.17, 15) is 4.79 Å². The second kappa shape index (κ2) is 6.68. The average Bonchev–Trinajstić information content (AvgIpc) is 2.26. The Bertz CT molecular complexity index is 203. The van der Waals surface area contributed by atoms with Gasteiger partial charge < -0.3 is 9.64 Å². The van der Waals surface area contributed by atoms with Crippen LogP contribution in [0.25, 0.3) is 0 Å². The fraction of sp³-hybridized carbons (Fsp3) is 0.909. The van der Waals surface area contributed by atoms with E-state index >= 15 is 0 Å². The monoisotopic (exact) mass is 325 g/mol. The van der Waals surface area contributed by atoms with Crippen LogP contribution in [0.5, 0.6) is 0 Å². The van der Waals surface area contributed by atoms with Crippen molar-refractivity contribution in [1.82, 2.24) is 4.90 Å². The maximum atomic E-state index is 12.0. The summed E-state index contributed by atoms with van der Waals surface area (Å²) < 4.78 is 5.75. The smallest absolute Gasteiger partial charge is 0.225 e. The van der Waals surface area contributed by atoms with Crippen LogP contribution in [0, 0.1) is 5.92 Å². The van der Waals surface area contributed by atoms with E-state index in [1.54, 1.807) is 7.11 Å². The van der Waals surface area contributed by atoms with Crippen LogP contribution in [0.4, 0.5) is 0 Å². The lowest BCUT2D eigenvalue weighted by molar-refractivity contribution is -0.135. The van der Waals surface area contributed by atoms with Crippen LogP contribution >= 0.6 is 22.6 Å². The van der Waals surface area contributed by atoms with Gasteiger partial charge in [0.25, 0.3) is 0 Å². The van der Waals surface area contributed by atoms with Crippen LogP contribution in [-0.2, 0) is 9.53 Å². The van der Waals surface area contributed by atoms with Crippen molar-refractivity contribution in [2.24, 2.45) is 5.92 Å². The number of methoxy groups -OCH3 is 1. The highest BCUT2D eigenvalue weighted by Gasteiger charge is 2.26. The van der Waals surface area contributed by atoms with Crippen molar-refractivity contribution in [3.05, 3.63) is 0 Å². The Morgan fingerprint density at radius 3 is 2.53 bits per heavy atom. The Hall–Kier alpha value is 0.160. The van der Waals surface area contributed by atoms with Gasteiger partial charge in [-0.3, -0.25) is 4.79 Å². The van der Waals surface area contributed by atoms with Gasteiger partial charge in [0, 0.05) is 30.5 Å². The summed E-state index contributed by atoms with van der Waals surface area (Å²) >= 11 is 2.49. The molecule has 1 saturated carbocycles. The van der Waals surface area contributed by atoms with Crippen LogP contribution < -0.4 is 0 Å². The molecule has 1 rings (SSSR count). The molecule has 1 aliphatic carbocycles. The number of alkyl halides is 1. The van der Waals surface area contributed by atoms with Gasteiger partial charge in [0.15, 0.2) is 0 Å². The zero-order valence-corrected chi connectivity index (χ0v) is 11.7. The highest BCUT2D eigenvalue weighted by atomic mass is 127. The number of rotatable bonds is 4. The fourth-order valence-electron chi connectivity index (χ4n) is 1.95. The largest absolute Gasteiger partial charge is 0.383 e. The number of amides is 1. The molecule has 0 unspecified atom stereocenters. The van der Waals surface area contributed by atoms with Gasteiger partial charge in [0.1, 0.15) is 0 Å². The van der Waals surface area contributed by atoms with Gasteiger partial charge in [-0.05, 0) is 25.7 Å². The van der Waals surface area contributed by atoms with Crippen molar-refractivity contribution in [2.75, 3.05) is 27.3 Å². The van der Waals surface area contributed by atoms with Gasteiger partial charge in [-0.25, -0.2) is 0 Å². The number of nitrogens with zero attached hydrogens (tertiary/aromatic N) is 1. The first-order valence-electron chi connectivity index (χ1n) is 5.53. The van der Waals surface area contributed by atoms with E-state index in [0.717, 1.165) is 16.8 Å². The maximum Gasteiger partial charge on any atom is 0.225 e. The van der Waals surface area contributed by atoms with Crippen LogP contribution in [0.15, 0.2) is 0 Å². The Labute approximate surface area is 106 Å². The van der Waals surface area contributed by atoms with E-state index in [0.29, 0.717) is 19.1 Å². The molecule has 4 heteroatoms. The Morgan fingerprint density at radius 1 is 1.40 bits per heavy atom. The molecule has 0 aromatic carbocycles. The van der Waals surface area contributed by atoms with Crippen molar-refractivity contribution < 1.29 is 9.53 Å². The van der Waals surface area contributed by atoms with E-state index in [-0.39, 0.29) is 5.92 Å². The minimum atomic E-state index is 0.262. The zero-order valence-electron chi connectivity index (χ0n) is 9.54. The summed E-state index contributed by atoms with van der Waals surface area (Å²) in [5, 5.41) is 0. The van der Waals surface area contributed by atoms with Crippen LogP contribution in [0.3, 0.4) is 0 Å². The van der Waals surface area contributed by atoms with Crippen molar-refractivity contribution in [3.63, 3.8) is 0 Å². The minimum Gasteiger partial charge on any atom is -0.383 e. The lowest BCUT2D eigenvalue weighted by Gasteiger charge is -2.28. The molecule has 1 aliphatic rings. The lowest BCUT2D eigenvalue weighted by Crippen LogP contribution is -2.36. The number of hydrogen-bond donors (Lipinski definition) is 0. The molecule has 0 aromatic rings. The first-order valence-corrected chi connectivity index (χ1v) is 6.77. The number of halogens is 1. The molecule has 0 saturated heterocycles. The molecular weight excluding hydrogens is 305 g/mol.